The number of methoxy groups -OCH3 is 1. The second-order valence-corrected chi connectivity index (χ2v) is 5.13. The molecule has 98 valence electrons. The quantitative estimate of drug-likeness (QED) is 0.885. The molecule has 1 atom stereocenters. The number of fused-ring (bicyclic) bond motifs is 1. The topological polar surface area (TPSA) is 21.3 Å². The first-order valence-corrected chi connectivity index (χ1v) is 6.77. The summed E-state index contributed by atoms with van der Waals surface area (Å²) in [5, 5.41) is 3.51. The number of rotatable bonds is 2. The molecule has 1 N–H and O–H groups in total. The highest BCUT2D eigenvalue weighted by atomic mass is 16.5. The Morgan fingerprint density at radius 1 is 1.05 bits per heavy atom. The van der Waals surface area contributed by atoms with E-state index in [4.69, 9.17) is 4.74 Å². The zero-order valence-corrected chi connectivity index (χ0v) is 11.4. The van der Waals surface area contributed by atoms with Gasteiger partial charge in [0.25, 0.3) is 0 Å². The van der Waals surface area contributed by atoms with Gasteiger partial charge in [-0.05, 0) is 36.1 Å². The smallest absolute Gasteiger partial charge is 0.126 e. The van der Waals surface area contributed by atoms with E-state index in [2.05, 4.69) is 42.6 Å². The van der Waals surface area contributed by atoms with Crippen LogP contribution in [-0.2, 0) is 13.0 Å². The zero-order valence-electron chi connectivity index (χ0n) is 11.4. The maximum absolute atomic E-state index is 5.50. The highest BCUT2D eigenvalue weighted by molar-refractivity contribution is 5.74. The maximum Gasteiger partial charge on any atom is 0.126 e. The Hall–Kier alpha value is -1.80. The van der Waals surface area contributed by atoms with Gasteiger partial charge in [0.1, 0.15) is 5.75 Å². The lowest BCUT2D eigenvalue weighted by Gasteiger charge is -2.26. The monoisotopic (exact) mass is 253 g/mol. The van der Waals surface area contributed by atoms with Crippen LogP contribution in [0.25, 0.3) is 11.1 Å². The SMILES string of the molecule is COc1ccccc1-c1cccc2c1CC(C)NC2. The minimum Gasteiger partial charge on any atom is -0.496 e. The van der Waals surface area contributed by atoms with Gasteiger partial charge in [-0.2, -0.15) is 0 Å². The Morgan fingerprint density at radius 2 is 1.84 bits per heavy atom. The maximum atomic E-state index is 5.50. The van der Waals surface area contributed by atoms with Crippen molar-refractivity contribution in [2.45, 2.75) is 25.9 Å². The average Bonchev–Trinajstić information content (AvgIpc) is 2.46. The molecule has 0 aliphatic carbocycles. The summed E-state index contributed by atoms with van der Waals surface area (Å²) >= 11 is 0. The number of para-hydroxylation sites is 1. The fourth-order valence-corrected chi connectivity index (χ4v) is 2.82. The molecule has 0 amide bonds. The molecule has 0 fully saturated rings. The second-order valence-electron chi connectivity index (χ2n) is 5.13. The second kappa shape index (κ2) is 5.06. The molecule has 3 rings (SSSR count). The molecule has 19 heavy (non-hydrogen) atoms. The van der Waals surface area contributed by atoms with Crippen molar-refractivity contribution in [2.24, 2.45) is 0 Å². The minimum atomic E-state index is 0.531. The van der Waals surface area contributed by atoms with E-state index in [1.165, 1.54) is 22.3 Å². The summed E-state index contributed by atoms with van der Waals surface area (Å²) in [6.45, 7) is 3.20. The summed E-state index contributed by atoms with van der Waals surface area (Å²) in [5.74, 6) is 0.946. The highest BCUT2D eigenvalue weighted by Gasteiger charge is 2.19. The van der Waals surface area contributed by atoms with E-state index in [0.717, 1.165) is 18.7 Å². The molecule has 0 saturated carbocycles. The molecule has 1 aliphatic rings. The predicted molar refractivity (Wildman–Crippen MR) is 78.4 cm³/mol. The summed E-state index contributed by atoms with van der Waals surface area (Å²) in [6, 6.07) is 15.3. The molecule has 0 saturated heterocycles. The van der Waals surface area contributed by atoms with Crippen LogP contribution in [0.3, 0.4) is 0 Å². The first-order valence-electron chi connectivity index (χ1n) is 6.77. The van der Waals surface area contributed by atoms with E-state index < -0.39 is 0 Å². The Morgan fingerprint density at radius 3 is 2.68 bits per heavy atom. The van der Waals surface area contributed by atoms with E-state index in [9.17, 15) is 0 Å². The first kappa shape index (κ1) is 12.2. The normalized spacial score (nSPS) is 17.9. The van der Waals surface area contributed by atoms with Gasteiger partial charge in [-0.15, -0.1) is 0 Å². The molecule has 2 aromatic rings. The van der Waals surface area contributed by atoms with Gasteiger partial charge < -0.3 is 10.1 Å². The van der Waals surface area contributed by atoms with Crippen molar-refractivity contribution < 1.29 is 4.74 Å². The van der Waals surface area contributed by atoms with Gasteiger partial charge in [0.15, 0.2) is 0 Å². The van der Waals surface area contributed by atoms with Crippen LogP contribution in [0.1, 0.15) is 18.1 Å². The largest absolute Gasteiger partial charge is 0.496 e. The number of hydrogen-bond donors (Lipinski definition) is 1. The summed E-state index contributed by atoms with van der Waals surface area (Å²) in [5.41, 5.74) is 5.36. The Labute approximate surface area is 114 Å². The number of ether oxygens (including phenoxy) is 1. The van der Waals surface area contributed by atoms with Crippen LogP contribution in [0.4, 0.5) is 0 Å². The van der Waals surface area contributed by atoms with Gasteiger partial charge >= 0.3 is 0 Å². The van der Waals surface area contributed by atoms with E-state index in [0.29, 0.717) is 6.04 Å². The van der Waals surface area contributed by atoms with E-state index in [1.54, 1.807) is 7.11 Å². The standard InChI is InChI=1S/C17H19NO/c1-12-10-16-13(11-18-12)6-5-8-14(16)15-7-3-4-9-17(15)19-2/h3-9,12,18H,10-11H2,1-2H3. The van der Waals surface area contributed by atoms with E-state index in [1.807, 2.05) is 12.1 Å². The number of hydrogen-bond acceptors (Lipinski definition) is 2. The third-order valence-corrected chi connectivity index (χ3v) is 3.82. The van der Waals surface area contributed by atoms with Crippen molar-refractivity contribution in [2.75, 3.05) is 7.11 Å². The van der Waals surface area contributed by atoms with Gasteiger partial charge in [-0.1, -0.05) is 36.4 Å². The molecule has 0 aromatic heterocycles. The van der Waals surface area contributed by atoms with Gasteiger partial charge in [-0.25, -0.2) is 0 Å². The Bertz CT molecular complexity index is 592. The third-order valence-electron chi connectivity index (χ3n) is 3.82. The first-order chi connectivity index (χ1) is 9.29. The van der Waals surface area contributed by atoms with Crippen molar-refractivity contribution in [3.05, 3.63) is 53.6 Å². The Balaban J connectivity index is 2.15. The number of nitrogens with one attached hydrogen (secondary N) is 1. The van der Waals surface area contributed by atoms with Crippen molar-refractivity contribution >= 4 is 0 Å². The van der Waals surface area contributed by atoms with E-state index >= 15 is 0 Å². The molecule has 0 radical (unpaired) electrons. The van der Waals surface area contributed by atoms with E-state index in [-0.39, 0.29) is 0 Å². The number of benzene rings is 2. The predicted octanol–water partition coefficient (Wildman–Crippen LogP) is 3.40. The van der Waals surface area contributed by atoms with Crippen molar-refractivity contribution in [3.63, 3.8) is 0 Å². The average molecular weight is 253 g/mol. The molecule has 1 unspecified atom stereocenters. The lowest BCUT2D eigenvalue weighted by Crippen LogP contribution is -2.33. The molecule has 2 aromatic carbocycles. The molecule has 2 heteroatoms. The van der Waals surface area contributed by atoms with Gasteiger partial charge in [0.2, 0.25) is 0 Å². The van der Waals surface area contributed by atoms with Crippen molar-refractivity contribution in [3.8, 4) is 16.9 Å². The fourth-order valence-electron chi connectivity index (χ4n) is 2.82. The van der Waals surface area contributed by atoms with Crippen LogP contribution in [0.15, 0.2) is 42.5 Å². The van der Waals surface area contributed by atoms with Crippen LogP contribution >= 0.6 is 0 Å². The van der Waals surface area contributed by atoms with Gasteiger partial charge in [-0.3, -0.25) is 0 Å². The molecule has 2 nitrogen and oxygen atoms in total. The van der Waals surface area contributed by atoms with Crippen LogP contribution in [0, 0.1) is 0 Å². The zero-order chi connectivity index (χ0) is 13.2. The molecular weight excluding hydrogens is 234 g/mol. The molecular formula is C17H19NO. The highest BCUT2D eigenvalue weighted by Crippen LogP contribution is 2.35. The van der Waals surface area contributed by atoms with Crippen LogP contribution in [0.5, 0.6) is 5.75 Å². The summed E-state index contributed by atoms with van der Waals surface area (Å²) in [4.78, 5) is 0. The summed E-state index contributed by atoms with van der Waals surface area (Å²) in [6.07, 6.45) is 1.07. The van der Waals surface area contributed by atoms with Crippen LogP contribution in [0.2, 0.25) is 0 Å². The third kappa shape index (κ3) is 2.24. The van der Waals surface area contributed by atoms with Crippen molar-refractivity contribution in [1.82, 2.24) is 5.32 Å². The van der Waals surface area contributed by atoms with Crippen molar-refractivity contribution in [1.29, 1.82) is 0 Å². The fraction of sp³-hybridized carbons (Fsp3) is 0.294. The van der Waals surface area contributed by atoms with Gasteiger partial charge in [0, 0.05) is 18.2 Å². The van der Waals surface area contributed by atoms with Gasteiger partial charge in [0.05, 0.1) is 7.11 Å². The lowest BCUT2D eigenvalue weighted by atomic mass is 9.88. The Kier molecular flexibility index (Phi) is 3.26. The van der Waals surface area contributed by atoms with Crippen LogP contribution < -0.4 is 10.1 Å². The molecule has 0 bridgehead atoms. The van der Waals surface area contributed by atoms with Crippen LogP contribution in [-0.4, -0.2) is 13.2 Å². The molecule has 1 aliphatic heterocycles. The minimum absolute atomic E-state index is 0.531. The summed E-state index contributed by atoms with van der Waals surface area (Å²) in [7, 11) is 1.73. The lowest BCUT2D eigenvalue weighted by molar-refractivity contribution is 0.416. The molecule has 1 heterocycles. The molecule has 0 spiro atoms. The summed E-state index contributed by atoms with van der Waals surface area (Å²) < 4.78 is 5.50.